The third kappa shape index (κ3) is 3.91. The molecule has 0 spiro atoms. The Labute approximate surface area is 176 Å². The fourth-order valence-electron chi connectivity index (χ4n) is 3.35. The fourth-order valence-corrected chi connectivity index (χ4v) is 5.05. The average Bonchev–Trinajstić information content (AvgIpc) is 3.19. The third-order valence-corrected chi connectivity index (χ3v) is 7.15. The number of aliphatic hydroxyl groups excluding tert-OH is 1. The van der Waals surface area contributed by atoms with E-state index in [2.05, 4.69) is 15.3 Å². The Morgan fingerprint density at radius 3 is 2.70 bits per heavy atom. The van der Waals surface area contributed by atoms with E-state index < -0.39 is 27.9 Å². The Bertz CT molecular complexity index is 1220. The second-order valence-electron chi connectivity index (χ2n) is 6.99. The van der Waals surface area contributed by atoms with Crippen LogP contribution in [0, 0.1) is 5.82 Å². The number of halogens is 2. The van der Waals surface area contributed by atoms with Crippen molar-refractivity contribution in [1.82, 2.24) is 14.3 Å². The summed E-state index contributed by atoms with van der Waals surface area (Å²) >= 11 is 5.76. The van der Waals surface area contributed by atoms with E-state index in [1.807, 2.05) is 0 Å². The number of imidazole rings is 1. The molecule has 0 unspecified atom stereocenters. The first-order valence-corrected chi connectivity index (χ1v) is 11.0. The highest BCUT2D eigenvalue weighted by Crippen LogP contribution is 2.27. The number of piperidine rings is 1. The molecule has 3 N–H and O–H groups in total. The van der Waals surface area contributed by atoms with Gasteiger partial charge in [0, 0.05) is 18.8 Å². The van der Waals surface area contributed by atoms with Crippen LogP contribution in [0.25, 0.3) is 11.0 Å². The predicted molar refractivity (Wildman–Crippen MR) is 109 cm³/mol. The molecular formula is C19H18ClFN4O4S. The van der Waals surface area contributed by atoms with Crippen molar-refractivity contribution in [3.63, 3.8) is 0 Å². The summed E-state index contributed by atoms with van der Waals surface area (Å²) in [6.45, 7) is 0.384. The largest absolute Gasteiger partial charge is 0.393 e. The molecule has 1 fully saturated rings. The summed E-state index contributed by atoms with van der Waals surface area (Å²) in [5.74, 6) is -1.22. The number of carbonyl (C=O) groups excluding carboxylic acids is 1. The lowest BCUT2D eigenvalue weighted by atomic mass is 10.1. The van der Waals surface area contributed by atoms with Crippen LogP contribution in [0.3, 0.4) is 0 Å². The Hall–Kier alpha value is -2.53. The molecule has 0 atom stereocenters. The lowest BCUT2D eigenvalue weighted by Crippen LogP contribution is -2.40. The molecule has 1 aromatic heterocycles. The van der Waals surface area contributed by atoms with E-state index >= 15 is 0 Å². The number of anilines is 1. The quantitative estimate of drug-likeness (QED) is 0.563. The first-order chi connectivity index (χ1) is 14.3. The van der Waals surface area contributed by atoms with Gasteiger partial charge in [0.15, 0.2) is 0 Å². The molecule has 0 radical (unpaired) electrons. The summed E-state index contributed by atoms with van der Waals surface area (Å²) in [5, 5.41) is 12.1. The summed E-state index contributed by atoms with van der Waals surface area (Å²) < 4.78 is 40.8. The Morgan fingerprint density at radius 2 is 2.00 bits per heavy atom. The summed E-state index contributed by atoms with van der Waals surface area (Å²) in [7, 11) is -3.88. The van der Waals surface area contributed by atoms with Gasteiger partial charge in [-0.05, 0) is 43.2 Å². The third-order valence-electron chi connectivity index (χ3n) is 4.99. The molecule has 1 amide bonds. The number of aliphatic hydroxyl groups is 1. The molecule has 8 nitrogen and oxygen atoms in total. The summed E-state index contributed by atoms with van der Waals surface area (Å²) in [4.78, 5) is 19.8. The smallest absolute Gasteiger partial charge is 0.257 e. The Kier molecular flexibility index (Phi) is 5.49. The lowest BCUT2D eigenvalue weighted by Gasteiger charge is -2.28. The van der Waals surface area contributed by atoms with Crippen molar-refractivity contribution >= 4 is 44.3 Å². The normalized spacial score (nSPS) is 16.1. The Balaban J connectivity index is 1.70. The molecule has 0 aliphatic carbocycles. The number of nitrogens with zero attached hydrogens (tertiary/aromatic N) is 2. The highest BCUT2D eigenvalue weighted by Gasteiger charge is 2.30. The van der Waals surface area contributed by atoms with Crippen molar-refractivity contribution < 1.29 is 22.7 Å². The van der Waals surface area contributed by atoms with Gasteiger partial charge in [0.1, 0.15) is 5.82 Å². The number of rotatable bonds is 4. The molecular weight excluding hydrogens is 435 g/mol. The van der Waals surface area contributed by atoms with Crippen LogP contribution in [-0.4, -0.2) is 52.9 Å². The molecule has 1 saturated heterocycles. The minimum atomic E-state index is -3.88. The van der Waals surface area contributed by atoms with E-state index in [0.29, 0.717) is 23.9 Å². The maximum Gasteiger partial charge on any atom is 0.257 e. The molecule has 1 aliphatic heterocycles. The van der Waals surface area contributed by atoms with Crippen molar-refractivity contribution in [2.75, 3.05) is 18.4 Å². The molecule has 4 rings (SSSR count). The van der Waals surface area contributed by atoms with Crippen LogP contribution < -0.4 is 5.32 Å². The van der Waals surface area contributed by atoms with Crippen molar-refractivity contribution in [2.45, 2.75) is 23.8 Å². The second-order valence-corrected chi connectivity index (χ2v) is 9.33. The maximum atomic E-state index is 13.4. The zero-order valence-corrected chi connectivity index (χ0v) is 17.2. The molecule has 3 aromatic rings. The molecule has 30 heavy (non-hydrogen) atoms. The first-order valence-electron chi connectivity index (χ1n) is 9.17. The van der Waals surface area contributed by atoms with Crippen LogP contribution in [-0.2, 0) is 10.0 Å². The second kappa shape index (κ2) is 7.95. The van der Waals surface area contributed by atoms with Gasteiger partial charge in [-0.2, -0.15) is 4.31 Å². The minimum Gasteiger partial charge on any atom is -0.393 e. The van der Waals surface area contributed by atoms with Crippen LogP contribution in [0.15, 0.2) is 41.6 Å². The maximum absolute atomic E-state index is 13.4. The SMILES string of the molecule is O=C(Nc1ccc(F)c(Cl)c1)c1cc(S(=O)(=O)N2CCC(O)CC2)cc2nc[nH]c12. The molecule has 1 aliphatic rings. The van der Waals surface area contributed by atoms with E-state index in [0.717, 1.165) is 6.07 Å². The van der Waals surface area contributed by atoms with E-state index in [4.69, 9.17) is 11.6 Å². The molecule has 2 heterocycles. The van der Waals surface area contributed by atoms with Crippen molar-refractivity contribution in [3.05, 3.63) is 53.1 Å². The van der Waals surface area contributed by atoms with Gasteiger partial charge in [0.2, 0.25) is 10.0 Å². The highest BCUT2D eigenvalue weighted by molar-refractivity contribution is 7.89. The monoisotopic (exact) mass is 452 g/mol. The van der Waals surface area contributed by atoms with E-state index in [1.165, 1.54) is 34.9 Å². The Morgan fingerprint density at radius 1 is 1.27 bits per heavy atom. The molecule has 11 heteroatoms. The van der Waals surface area contributed by atoms with Gasteiger partial charge >= 0.3 is 0 Å². The number of benzene rings is 2. The predicted octanol–water partition coefficient (Wildman–Crippen LogP) is 2.75. The zero-order chi connectivity index (χ0) is 21.5. The number of aromatic amines is 1. The number of H-pyrrole nitrogens is 1. The van der Waals surface area contributed by atoms with E-state index in [-0.39, 0.29) is 34.3 Å². The molecule has 158 valence electrons. The lowest BCUT2D eigenvalue weighted by molar-refractivity contribution is 0.102. The van der Waals surface area contributed by atoms with Gasteiger partial charge in [-0.15, -0.1) is 0 Å². The van der Waals surface area contributed by atoms with E-state index in [1.54, 1.807) is 0 Å². The van der Waals surface area contributed by atoms with Crippen LogP contribution in [0.2, 0.25) is 5.02 Å². The van der Waals surface area contributed by atoms with Crippen molar-refractivity contribution in [2.24, 2.45) is 0 Å². The summed E-state index contributed by atoms with van der Waals surface area (Å²) in [5.41, 5.74) is 1.02. The average molecular weight is 453 g/mol. The van der Waals surface area contributed by atoms with Crippen LogP contribution in [0.1, 0.15) is 23.2 Å². The number of carbonyl (C=O) groups is 1. The van der Waals surface area contributed by atoms with Crippen LogP contribution in [0.4, 0.5) is 10.1 Å². The zero-order valence-electron chi connectivity index (χ0n) is 15.6. The van der Waals surface area contributed by atoms with Gasteiger partial charge in [-0.25, -0.2) is 17.8 Å². The highest BCUT2D eigenvalue weighted by atomic mass is 35.5. The number of nitrogens with one attached hydrogen (secondary N) is 2. The van der Waals surface area contributed by atoms with Gasteiger partial charge < -0.3 is 15.4 Å². The topological polar surface area (TPSA) is 115 Å². The number of amides is 1. The number of sulfonamides is 1. The fraction of sp³-hybridized carbons (Fsp3) is 0.263. The molecule has 0 saturated carbocycles. The van der Waals surface area contributed by atoms with Crippen molar-refractivity contribution in [1.29, 1.82) is 0 Å². The molecule has 2 aromatic carbocycles. The minimum absolute atomic E-state index is 0.0687. The first kappa shape index (κ1) is 20.7. The summed E-state index contributed by atoms with van der Waals surface area (Å²) in [6.07, 6.45) is 1.55. The number of aromatic nitrogens is 2. The van der Waals surface area contributed by atoms with Gasteiger partial charge in [0.25, 0.3) is 5.91 Å². The van der Waals surface area contributed by atoms with Gasteiger partial charge in [-0.3, -0.25) is 4.79 Å². The van der Waals surface area contributed by atoms with Crippen molar-refractivity contribution in [3.8, 4) is 0 Å². The van der Waals surface area contributed by atoms with Gasteiger partial charge in [0.05, 0.1) is 38.9 Å². The van der Waals surface area contributed by atoms with Crippen LogP contribution >= 0.6 is 11.6 Å². The number of hydrogen-bond donors (Lipinski definition) is 3. The number of hydrogen-bond acceptors (Lipinski definition) is 5. The van der Waals surface area contributed by atoms with Crippen LogP contribution in [0.5, 0.6) is 0 Å². The van der Waals surface area contributed by atoms with E-state index in [9.17, 15) is 22.7 Å². The van der Waals surface area contributed by atoms with Gasteiger partial charge in [-0.1, -0.05) is 11.6 Å². The number of fused-ring (bicyclic) bond motifs is 1. The standard InChI is InChI=1S/C19H18ClFN4O4S/c20-15-7-11(1-2-16(15)21)24-19(27)14-8-13(9-17-18(14)23-10-22-17)30(28,29)25-5-3-12(26)4-6-25/h1-2,7-10,12,26H,3-6H2,(H,22,23)(H,24,27). The molecule has 0 bridgehead atoms. The summed E-state index contributed by atoms with van der Waals surface area (Å²) in [6, 6.07) is 6.41.